The number of nitrogens with zero attached hydrogens (tertiary/aromatic N) is 3. The summed E-state index contributed by atoms with van der Waals surface area (Å²) in [6, 6.07) is 15.9. The fourth-order valence-corrected chi connectivity index (χ4v) is 4.94. The molecule has 0 aliphatic carbocycles. The van der Waals surface area contributed by atoms with Crippen molar-refractivity contribution in [3.8, 4) is 28.5 Å². The molecule has 0 unspecified atom stereocenters. The van der Waals surface area contributed by atoms with Crippen molar-refractivity contribution in [2.24, 2.45) is 0 Å². The van der Waals surface area contributed by atoms with Gasteiger partial charge in [0.15, 0.2) is 5.82 Å². The van der Waals surface area contributed by atoms with E-state index in [-0.39, 0.29) is 0 Å². The molecule has 1 saturated heterocycles. The lowest BCUT2D eigenvalue weighted by Gasteiger charge is -2.29. The Morgan fingerprint density at radius 3 is 2.37 bits per heavy atom. The third kappa shape index (κ3) is 4.67. The minimum atomic E-state index is 0.391. The van der Waals surface area contributed by atoms with Gasteiger partial charge in [-0.3, -0.25) is 0 Å². The molecule has 182 valence electrons. The Morgan fingerprint density at radius 1 is 0.943 bits per heavy atom. The fraction of sp³-hybridized carbons (Fsp3) is 0.280. The monoisotopic (exact) mass is 493 g/mol. The highest BCUT2D eigenvalue weighted by Crippen LogP contribution is 2.41. The van der Waals surface area contributed by atoms with E-state index in [9.17, 15) is 0 Å². The molecule has 2 aromatic carbocycles. The second-order valence-electron chi connectivity index (χ2n) is 7.90. The Bertz CT molecular complexity index is 1300. The van der Waals surface area contributed by atoms with Gasteiger partial charge in [-0.1, -0.05) is 23.4 Å². The summed E-state index contributed by atoms with van der Waals surface area (Å²) < 4.78 is 25.5. The molecule has 1 fully saturated rings. The predicted octanol–water partition coefficient (Wildman–Crippen LogP) is 4.44. The number of methoxy groups -OCH3 is 3. The minimum absolute atomic E-state index is 0.391. The fourth-order valence-electron chi connectivity index (χ4n) is 4.10. The molecule has 35 heavy (non-hydrogen) atoms. The van der Waals surface area contributed by atoms with E-state index >= 15 is 0 Å². The molecule has 4 aromatic rings. The Hall–Kier alpha value is -3.63. The van der Waals surface area contributed by atoms with Gasteiger partial charge in [-0.15, -0.1) is 0 Å². The van der Waals surface area contributed by atoms with Crippen LogP contribution in [0.25, 0.3) is 22.4 Å². The second-order valence-corrected chi connectivity index (χ2v) is 8.72. The SMILES string of the molecule is COc1cccc(OC)c1SNc1noc2nc(-c3cccc(N4CCNCC4)c3)cc(OC)c12. The summed E-state index contributed by atoms with van der Waals surface area (Å²) in [6.45, 7) is 3.92. The second kappa shape index (κ2) is 10.3. The van der Waals surface area contributed by atoms with Crippen LogP contribution in [0, 0.1) is 0 Å². The first-order valence-electron chi connectivity index (χ1n) is 11.3. The first kappa shape index (κ1) is 23.1. The van der Waals surface area contributed by atoms with Crippen molar-refractivity contribution < 1.29 is 18.7 Å². The Morgan fingerprint density at radius 2 is 1.66 bits per heavy atom. The summed E-state index contributed by atoms with van der Waals surface area (Å²) in [5, 5.41) is 8.26. The van der Waals surface area contributed by atoms with Gasteiger partial charge in [0.2, 0.25) is 0 Å². The molecule has 0 radical (unpaired) electrons. The molecule has 0 spiro atoms. The van der Waals surface area contributed by atoms with Crippen molar-refractivity contribution in [3.63, 3.8) is 0 Å². The van der Waals surface area contributed by atoms with Gasteiger partial charge >= 0.3 is 0 Å². The van der Waals surface area contributed by atoms with E-state index in [1.165, 1.54) is 17.6 Å². The number of aromatic nitrogens is 2. The first-order valence-corrected chi connectivity index (χ1v) is 12.1. The summed E-state index contributed by atoms with van der Waals surface area (Å²) in [5.74, 6) is 2.50. The molecule has 0 bridgehead atoms. The van der Waals surface area contributed by atoms with E-state index in [0.29, 0.717) is 34.2 Å². The van der Waals surface area contributed by atoms with Crippen molar-refractivity contribution in [1.29, 1.82) is 0 Å². The summed E-state index contributed by atoms with van der Waals surface area (Å²) in [6.07, 6.45) is 0. The van der Waals surface area contributed by atoms with Crippen LogP contribution in [0.1, 0.15) is 0 Å². The molecule has 9 nitrogen and oxygen atoms in total. The van der Waals surface area contributed by atoms with E-state index in [4.69, 9.17) is 23.7 Å². The molecule has 2 N–H and O–H groups in total. The molecule has 0 atom stereocenters. The lowest BCUT2D eigenvalue weighted by Crippen LogP contribution is -2.43. The highest BCUT2D eigenvalue weighted by Gasteiger charge is 2.20. The molecule has 0 saturated carbocycles. The quantitative estimate of drug-likeness (QED) is 0.343. The van der Waals surface area contributed by atoms with Crippen LogP contribution >= 0.6 is 11.9 Å². The molecule has 1 aliphatic heterocycles. The molecule has 10 heteroatoms. The van der Waals surface area contributed by atoms with E-state index in [0.717, 1.165) is 42.3 Å². The average Bonchev–Trinajstić information content (AvgIpc) is 3.34. The highest BCUT2D eigenvalue weighted by molar-refractivity contribution is 8.00. The van der Waals surface area contributed by atoms with Crippen LogP contribution in [0.2, 0.25) is 0 Å². The molecule has 5 rings (SSSR count). The van der Waals surface area contributed by atoms with Crippen molar-refractivity contribution in [2.75, 3.05) is 57.1 Å². The van der Waals surface area contributed by atoms with Crippen LogP contribution in [0.5, 0.6) is 17.2 Å². The van der Waals surface area contributed by atoms with E-state index in [2.05, 4.69) is 38.3 Å². The Balaban J connectivity index is 1.45. The van der Waals surface area contributed by atoms with Gasteiger partial charge in [-0.25, -0.2) is 4.98 Å². The Labute approximate surface area is 207 Å². The number of benzene rings is 2. The Kier molecular flexibility index (Phi) is 6.82. The zero-order valence-corrected chi connectivity index (χ0v) is 20.6. The normalized spacial score (nSPS) is 13.6. The van der Waals surface area contributed by atoms with E-state index < -0.39 is 0 Å². The van der Waals surface area contributed by atoms with Gasteiger partial charge in [0.25, 0.3) is 5.71 Å². The van der Waals surface area contributed by atoms with Gasteiger partial charge in [0, 0.05) is 43.5 Å². The van der Waals surface area contributed by atoms with Crippen LogP contribution < -0.4 is 29.1 Å². The third-order valence-electron chi connectivity index (χ3n) is 5.89. The van der Waals surface area contributed by atoms with Gasteiger partial charge in [0.1, 0.15) is 27.5 Å². The lowest BCUT2D eigenvalue weighted by atomic mass is 10.1. The first-order chi connectivity index (χ1) is 17.2. The smallest absolute Gasteiger partial charge is 0.264 e. The van der Waals surface area contributed by atoms with E-state index in [1.54, 1.807) is 21.3 Å². The molecule has 1 aliphatic rings. The standard InChI is InChI=1S/C25H27N5O4S/c1-31-19-8-5-9-20(32-2)23(19)35-29-24-22-21(33-3)15-18(27-25(22)34-28-24)16-6-4-7-17(14-16)30-12-10-26-11-13-30/h4-9,14-15,26H,10-13H2,1-3H3,(H,28,29). The number of hydrogen-bond donors (Lipinski definition) is 2. The maximum Gasteiger partial charge on any atom is 0.264 e. The average molecular weight is 494 g/mol. The zero-order chi connectivity index (χ0) is 24.2. The number of anilines is 2. The van der Waals surface area contributed by atoms with Gasteiger partial charge in [-0.05, 0) is 36.2 Å². The van der Waals surface area contributed by atoms with Gasteiger partial charge < -0.3 is 33.7 Å². The number of rotatable bonds is 8. The largest absolute Gasteiger partial charge is 0.496 e. The van der Waals surface area contributed by atoms with Crippen LogP contribution in [-0.2, 0) is 0 Å². The topological polar surface area (TPSA) is 93.9 Å². The number of ether oxygens (including phenoxy) is 3. The number of pyridine rings is 1. The van der Waals surface area contributed by atoms with Gasteiger partial charge in [0.05, 0.1) is 27.0 Å². The summed E-state index contributed by atoms with van der Waals surface area (Å²) in [5.41, 5.74) is 3.31. The van der Waals surface area contributed by atoms with Crippen LogP contribution in [-0.4, -0.2) is 57.6 Å². The zero-order valence-electron chi connectivity index (χ0n) is 19.8. The molecule has 3 heterocycles. The molecular weight excluding hydrogens is 466 g/mol. The van der Waals surface area contributed by atoms with Crippen LogP contribution in [0.15, 0.2) is 57.9 Å². The predicted molar refractivity (Wildman–Crippen MR) is 138 cm³/mol. The third-order valence-corrected chi connectivity index (χ3v) is 6.79. The van der Waals surface area contributed by atoms with Crippen molar-refractivity contribution in [1.82, 2.24) is 15.5 Å². The number of nitrogens with one attached hydrogen (secondary N) is 2. The highest BCUT2D eigenvalue weighted by atomic mass is 32.2. The van der Waals surface area contributed by atoms with E-state index in [1.807, 2.05) is 30.3 Å². The van der Waals surface area contributed by atoms with Crippen LogP contribution in [0.3, 0.4) is 0 Å². The minimum Gasteiger partial charge on any atom is -0.496 e. The van der Waals surface area contributed by atoms with Gasteiger partial charge in [-0.2, -0.15) is 0 Å². The maximum absolute atomic E-state index is 5.72. The lowest BCUT2D eigenvalue weighted by molar-refractivity contribution is 0.376. The number of hydrogen-bond acceptors (Lipinski definition) is 10. The van der Waals surface area contributed by atoms with Crippen molar-refractivity contribution >= 4 is 34.6 Å². The molecule has 0 amide bonds. The summed E-state index contributed by atoms with van der Waals surface area (Å²) in [7, 11) is 4.87. The van der Waals surface area contributed by atoms with Crippen LogP contribution in [0.4, 0.5) is 11.5 Å². The number of fused-ring (bicyclic) bond motifs is 1. The molecular formula is C25H27N5O4S. The summed E-state index contributed by atoms with van der Waals surface area (Å²) in [4.78, 5) is 7.91. The van der Waals surface area contributed by atoms with Crippen molar-refractivity contribution in [2.45, 2.75) is 4.90 Å². The molecule has 2 aromatic heterocycles. The number of piperazine rings is 1. The van der Waals surface area contributed by atoms with Crippen molar-refractivity contribution in [3.05, 3.63) is 48.5 Å². The maximum atomic E-state index is 5.72. The summed E-state index contributed by atoms with van der Waals surface area (Å²) >= 11 is 1.32.